The first-order chi connectivity index (χ1) is 12.2. The van der Waals surface area contributed by atoms with Crippen LogP contribution in [0.4, 0.5) is 0 Å². The summed E-state index contributed by atoms with van der Waals surface area (Å²) in [6, 6.07) is 23.1. The molecule has 0 fully saturated rings. The number of aromatic nitrogens is 1. The Morgan fingerprint density at radius 1 is 0.880 bits per heavy atom. The summed E-state index contributed by atoms with van der Waals surface area (Å²) in [5.74, 6) is 0. The van der Waals surface area contributed by atoms with E-state index >= 15 is 0 Å². The van der Waals surface area contributed by atoms with Crippen LogP contribution >= 0.6 is 15.9 Å². The Hall–Kier alpha value is -2.57. The van der Waals surface area contributed by atoms with E-state index in [2.05, 4.69) is 69.9 Å². The van der Waals surface area contributed by atoms with Crippen LogP contribution in [0.3, 0.4) is 0 Å². The maximum absolute atomic E-state index is 8.98. The number of hydrogen-bond acceptors (Lipinski definition) is 1. The predicted molar refractivity (Wildman–Crippen MR) is 108 cm³/mol. The number of nitrogens with zero attached hydrogens (tertiary/aromatic N) is 2. The highest BCUT2D eigenvalue weighted by molar-refractivity contribution is 9.10. The van der Waals surface area contributed by atoms with E-state index in [1.54, 1.807) is 0 Å². The highest BCUT2D eigenvalue weighted by atomic mass is 79.9. The summed E-state index contributed by atoms with van der Waals surface area (Å²) in [6.07, 6.45) is 1.10. The second kappa shape index (κ2) is 6.38. The fourth-order valence-electron chi connectivity index (χ4n) is 3.46. The first-order valence-corrected chi connectivity index (χ1v) is 9.22. The van der Waals surface area contributed by atoms with Gasteiger partial charge in [0.25, 0.3) is 0 Å². The van der Waals surface area contributed by atoms with Crippen molar-refractivity contribution < 1.29 is 0 Å². The van der Waals surface area contributed by atoms with E-state index in [1.165, 1.54) is 27.4 Å². The summed E-state index contributed by atoms with van der Waals surface area (Å²) in [6.45, 7) is 3.22. The SMILES string of the molecule is CCCn1c2ccc(Br)cc2c2cc(-c3ccc(C#N)cc3)ccc21. The Morgan fingerprint density at radius 2 is 1.52 bits per heavy atom. The molecule has 0 radical (unpaired) electrons. The molecule has 0 spiro atoms. The summed E-state index contributed by atoms with van der Waals surface area (Å²) in [5, 5.41) is 11.5. The second-order valence-electron chi connectivity index (χ2n) is 6.23. The van der Waals surface area contributed by atoms with E-state index in [0.29, 0.717) is 5.56 Å². The summed E-state index contributed by atoms with van der Waals surface area (Å²) >= 11 is 3.61. The van der Waals surface area contributed by atoms with E-state index in [9.17, 15) is 0 Å². The van der Waals surface area contributed by atoms with Crippen molar-refractivity contribution in [3.8, 4) is 17.2 Å². The molecule has 1 aromatic heterocycles. The van der Waals surface area contributed by atoms with Gasteiger partial charge in [-0.3, -0.25) is 0 Å². The van der Waals surface area contributed by atoms with Gasteiger partial charge in [-0.25, -0.2) is 0 Å². The average molecular weight is 389 g/mol. The van der Waals surface area contributed by atoms with Gasteiger partial charge in [0, 0.05) is 32.8 Å². The maximum atomic E-state index is 8.98. The van der Waals surface area contributed by atoms with Crippen LogP contribution in [0.25, 0.3) is 32.9 Å². The zero-order valence-electron chi connectivity index (χ0n) is 14.0. The Labute approximate surface area is 155 Å². The molecule has 0 atom stereocenters. The fourth-order valence-corrected chi connectivity index (χ4v) is 3.82. The monoisotopic (exact) mass is 388 g/mol. The van der Waals surface area contributed by atoms with Crippen molar-refractivity contribution in [1.29, 1.82) is 5.26 Å². The van der Waals surface area contributed by atoms with E-state index in [-0.39, 0.29) is 0 Å². The van der Waals surface area contributed by atoms with Gasteiger partial charge in [0.15, 0.2) is 0 Å². The number of hydrogen-bond donors (Lipinski definition) is 0. The van der Waals surface area contributed by atoms with Crippen molar-refractivity contribution in [1.82, 2.24) is 4.57 Å². The lowest BCUT2D eigenvalue weighted by Gasteiger charge is -2.06. The average Bonchev–Trinajstić information content (AvgIpc) is 2.95. The predicted octanol–water partition coefficient (Wildman–Crippen LogP) is 6.51. The van der Waals surface area contributed by atoms with Gasteiger partial charge in [-0.05, 0) is 60.0 Å². The van der Waals surface area contributed by atoms with Crippen LogP contribution in [0, 0.1) is 11.3 Å². The van der Waals surface area contributed by atoms with Crippen molar-refractivity contribution in [3.05, 3.63) is 70.7 Å². The van der Waals surface area contributed by atoms with Crippen LogP contribution in [0.5, 0.6) is 0 Å². The van der Waals surface area contributed by atoms with E-state index < -0.39 is 0 Å². The molecule has 25 heavy (non-hydrogen) atoms. The molecule has 3 aromatic carbocycles. The minimum absolute atomic E-state index is 0.688. The lowest BCUT2D eigenvalue weighted by atomic mass is 10.0. The van der Waals surface area contributed by atoms with Gasteiger partial charge in [0.1, 0.15) is 0 Å². The smallest absolute Gasteiger partial charge is 0.0991 e. The Bertz CT molecular complexity index is 1110. The van der Waals surface area contributed by atoms with Crippen molar-refractivity contribution >= 4 is 37.7 Å². The standard InChI is InChI=1S/C22H17BrN2/c1-2-11-25-21-9-7-17(16-5-3-15(14-24)4-6-16)12-19(21)20-13-18(23)8-10-22(20)25/h3-10,12-13H,2,11H2,1H3. The van der Waals surface area contributed by atoms with Gasteiger partial charge in [-0.15, -0.1) is 0 Å². The van der Waals surface area contributed by atoms with Crippen molar-refractivity contribution in [2.24, 2.45) is 0 Å². The normalized spacial score (nSPS) is 11.1. The summed E-state index contributed by atoms with van der Waals surface area (Å²) < 4.78 is 3.50. The molecular weight excluding hydrogens is 372 g/mol. The van der Waals surface area contributed by atoms with E-state index in [4.69, 9.17) is 5.26 Å². The van der Waals surface area contributed by atoms with Crippen molar-refractivity contribution in [2.75, 3.05) is 0 Å². The molecule has 0 bridgehead atoms. The lowest BCUT2D eigenvalue weighted by Crippen LogP contribution is -1.95. The second-order valence-corrected chi connectivity index (χ2v) is 7.15. The quantitative estimate of drug-likeness (QED) is 0.393. The van der Waals surface area contributed by atoms with Crippen LogP contribution in [0.2, 0.25) is 0 Å². The van der Waals surface area contributed by atoms with Crippen LogP contribution in [-0.2, 0) is 6.54 Å². The number of aryl methyl sites for hydroxylation is 1. The molecule has 0 unspecified atom stereocenters. The van der Waals surface area contributed by atoms with Crippen molar-refractivity contribution in [2.45, 2.75) is 19.9 Å². The number of benzene rings is 3. The minimum atomic E-state index is 0.688. The minimum Gasteiger partial charge on any atom is -0.340 e. The van der Waals surface area contributed by atoms with Gasteiger partial charge in [-0.2, -0.15) is 5.26 Å². The summed E-state index contributed by atoms with van der Waals surface area (Å²) in [7, 11) is 0. The summed E-state index contributed by atoms with van der Waals surface area (Å²) in [5.41, 5.74) is 5.54. The van der Waals surface area contributed by atoms with E-state index in [0.717, 1.165) is 23.0 Å². The topological polar surface area (TPSA) is 28.7 Å². The zero-order chi connectivity index (χ0) is 17.4. The molecule has 0 aliphatic heterocycles. The molecule has 3 heteroatoms. The first-order valence-electron chi connectivity index (χ1n) is 8.43. The fraction of sp³-hybridized carbons (Fsp3) is 0.136. The zero-order valence-corrected chi connectivity index (χ0v) is 15.5. The number of rotatable bonds is 3. The summed E-state index contributed by atoms with van der Waals surface area (Å²) in [4.78, 5) is 0. The Morgan fingerprint density at radius 3 is 2.20 bits per heavy atom. The molecule has 2 nitrogen and oxygen atoms in total. The molecule has 122 valence electrons. The molecule has 0 aliphatic carbocycles. The number of fused-ring (bicyclic) bond motifs is 3. The highest BCUT2D eigenvalue weighted by Crippen LogP contribution is 2.34. The Kier molecular flexibility index (Phi) is 4.07. The lowest BCUT2D eigenvalue weighted by molar-refractivity contribution is 0.724. The third-order valence-electron chi connectivity index (χ3n) is 4.62. The molecule has 1 heterocycles. The van der Waals surface area contributed by atoms with Gasteiger partial charge < -0.3 is 4.57 Å². The Balaban J connectivity index is 1.96. The first kappa shape index (κ1) is 15.9. The third kappa shape index (κ3) is 2.73. The number of halogens is 1. The molecule has 0 saturated heterocycles. The third-order valence-corrected chi connectivity index (χ3v) is 5.11. The highest BCUT2D eigenvalue weighted by Gasteiger charge is 2.11. The molecule has 4 aromatic rings. The van der Waals surface area contributed by atoms with Crippen LogP contribution in [0.1, 0.15) is 18.9 Å². The van der Waals surface area contributed by atoms with Gasteiger partial charge in [-0.1, -0.05) is 41.1 Å². The van der Waals surface area contributed by atoms with Crippen LogP contribution in [0.15, 0.2) is 65.1 Å². The van der Waals surface area contributed by atoms with Gasteiger partial charge in [0.05, 0.1) is 11.6 Å². The molecule has 0 amide bonds. The largest absolute Gasteiger partial charge is 0.340 e. The molecular formula is C22H17BrN2. The molecule has 0 aliphatic rings. The van der Waals surface area contributed by atoms with Gasteiger partial charge >= 0.3 is 0 Å². The molecule has 0 N–H and O–H groups in total. The van der Waals surface area contributed by atoms with Crippen LogP contribution in [-0.4, -0.2) is 4.57 Å². The number of nitriles is 1. The van der Waals surface area contributed by atoms with Crippen molar-refractivity contribution in [3.63, 3.8) is 0 Å². The van der Waals surface area contributed by atoms with Gasteiger partial charge in [0.2, 0.25) is 0 Å². The molecule has 0 saturated carbocycles. The molecule has 4 rings (SSSR count). The van der Waals surface area contributed by atoms with Crippen LogP contribution < -0.4 is 0 Å². The van der Waals surface area contributed by atoms with E-state index in [1.807, 2.05) is 24.3 Å². The maximum Gasteiger partial charge on any atom is 0.0991 e.